The number of benzene rings is 1. The first-order valence-corrected chi connectivity index (χ1v) is 8.54. The lowest BCUT2D eigenvalue weighted by atomic mass is 10.2. The van der Waals surface area contributed by atoms with E-state index in [1.165, 1.54) is 14.2 Å². The molecule has 2 rings (SSSR count). The highest BCUT2D eigenvalue weighted by Crippen LogP contribution is 2.29. The Balaban J connectivity index is 2.06. The fourth-order valence-electron chi connectivity index (χ4n) is 2.34. The van der Waals surface area contributed by atoms with E-state index < -0.39 is 40.7 Å². The van der Waals surface area contributed by atoms with Gasteiger partial charge in [-0.2, -0.15) is 13.2 Å². The molecule has 0 fully saturated rings. The molecule has 0 saturated heterocycles. The molecule has 1 aromatic heterocycles. The maximum atomic E-state index is 12.9. The minimum Gasteiger partial charge on any atom is -0.497 e. The van der Waals surface area contributed by atoms with Crippen molar-refractivity contribution < 1.29 is 27.5 Å². The van der Waals surface area contributed by atoms with Gasteiger partial charge in [0.25, 0.3) is 5.56 Å². The normalized spacial score (nSPS) is 11.1. The van der Waals surface area contributed by atoms with Gasteiger partial charge in [-0.3, -0.25) is 14.4 Å². The Morgan fingerprint density at radius 1 is 1.28 bits per heavy atom. The van der Waals surface area contributed by atoms with Crippen LogP contribution in [-0.2, 0) is 22.3 Å². The van der Waals surface area contributed by atoms with Crippen molar-refractivity contribution in [1.29, 1.82) is 0 Å². The highest BCUT2D eigenvalue weighted by Gasteiger charge is 2.32. The number of pyridine rings is 1. The highest BCUT2D eigenvalue weighted by atomic mass is 35.5. The number of carbonyl (C=O) groups excluding carboxylic acids is 2. The van der Waals surface area contributed by atoms with Gasteiger partial charge in [0.15, 0.2) is 0 Å². The molecule has 0 bridgehead atoms. The molecule has 2 amide bonds. The molecule has 0 spiro atoms. The molecule has 11 heteroatoms. The summed E-state index contributed by atoms with van der Waals surface area (Å²) in [5, 5.41) is 1.90. The van der Waals surface area contributed by atoms with Crippen LogP contribution in [0.2, 0.25) is 5.02 Å². The van der Waals surface area contributed by atoms with E-state index in [-0.39, 0.29) is 6.54 Å². The number of methoxy groups -OCH3 is 1. The van der Waals surface area contributed by atoms with Crippen LogP contribution in [0.1, 0.15) is 5.56 Å². The Morgan fingerprint density at radius 3 is 2.59 bits per heavy atom. The van der Waals surface area contributed by atoms with Crippen LogP contribution in [0.4, 0.5) is 18.9 Å². The van der Waals surface area contributed by atoms with E-state index in [0.717, 1.165) is 4.90 Å². The molecule has 0 aliphatic heterocycles. The Bertz CT molecular complexity index is 976. The standard InChI is InChI=1S/C18H17ClF3N3O4/c1-24(9-15(26)23-12-4-3-5-13(7-12)29-2)16(27)10-25-8-11(18(20,21)22)6-14(19)17(25)28/h3-8H,9-10H2,1-2H3,(H,23,26). The quantitative estimate of drug-likeness (QED) is 0.762. The lowest BCUT2D eigenvalue weighted by molar-refractivity contribution is -0.138. The van der Waals surface area contributed by atoms with Gasteiger partial charge in [0, 0.05) is 25.0 Å². The average Bonchev–Trinajstić information content (AvgIpc) is 2.64. The molecule has 7 nitrogen and oxygen atoms in total. The second kappa shape index (κ2) is 8.99. The van der Waals surface area contributed by atoms with Gasteiger partial charge in [0.2, 0.25) is 11.8 Å². The van der Waals surface area contributed by atoms with E-state index in [1.54, 1.807) is 24.3 Å². The molecule has 1 N–H and O–H groups in total. The molecule has 0 atom stereocenters. The van der Waals surface area contributed by atoms with Crippen LogP contribution in [0.15, 0.2) is 41.3 Å². The summed E-state index contributed by atoms with van der Waals surface area (Å²) in [4.78, 5) is 37.3. The van der Waals surface area contributed by atoms with E-state index in [2.05, 4.69) is 5.32 Å². The van der Waals surface area contributed by atoms with E-state index >= 15 is 0 Å². The second-order valence-corrected chi connectivity index (χ2v) is 6.44. The Labute approximate surface area is 168 Å². The number of halogens is 4. The molecule has 0 aliphatic carbocycles. The van der Waals surface area contributed by atoms with Gasteiger partial charge in [0.1, 0.15) is 17.3 Å². The van der Waals surface area contributed by atoms with Crippen LogP contribution in [0, 0.1) is 0 Å². The maximum absolute atomic E-state index is 12.9. The number of amides is 2. The first-order chi connectivity index (χ1) is 13.5. The third-order valence-corrected chi connectivity index (χ3v) is 4.11. The van der Waals surface area contributed by atoms with E-state index in [1.807, 2.05) is 0 Å². The number of ether oxygens (including phenoxy) is 1. The zero-order valence-corrected chi connectivity index (χ0v) is 16.2. The number of likely N-dealkylation sites (N-methyl/N-ethyl adjacent to an activating group) is 1. The molecule has 1 aromatic carbocycles. The van der Waals surface area contributed by atoms with Crippen LogP contribution < -0.4 is 15.6 Å². The van der Waals surface area contributed by atoms with Gasteiger partial charge in [-0.05, 0) is 18.2 Å². The Hall–Kier alpha value is -3.01. The largest absolute Gasteiger partial charge is 0.497 e. The zero-order chi connectivity index (χ0) is 21.8. The lowest BCUT2D eigenvalue weighted by Crippen LogP contribution is -2.38. The molecule has 0 radical (unpaired) electrons. The minimum atomic E-state index is -4.73. The molecule has 0 aliphatic rings. The predicted octanol–water partition coefficient (Wildman–Crippen LogP) is 2.63. The number of rotatable bonds is 6. The molecule has 29 heavy (non-hydrogen) atoms. The van der Waals surface area contributed by atoms with Crippen molar-refractivity contribution in [2.24, 2.45) is 0 Å². The van der Waals surface area contributed by atoms with Crippen molar-refractivity contribution in [3.63, 3.8) is 0 Å². The lowest BCUT2D eigenvalue weighted by Gasteiger charge is -2.18. The van der Waals surface area contributed by atoms with Crippen molar-refractivity contribution in [2.75, 3.05) is 26.0 Å². The highest BCUT2D eigenvalue weighted by molar-refractivity contribution is 6.30. The van der Waals surface area contributed by atoms with Gasteiger partial charge in [-0.15, -0.1) is 0 Å². The number of hydrogen-bond donors (Lipinski definition) is 1. The summed E-state index contributed by atoms with van der Waals surface area (Å²) < 4.78 is 44.2. The van der Waals surface area contributed by atoms with Crippen LogP contribution in [0.25, 0.3) is 0 Å². The summed E-state index contributed by atoms with van der Waals surface area (Å²) in [5.74, 6) is -0.764. The van der Waals surface area contributed by atoms with Crippen molar-refractivity contribution in [2.45, 2.75) is 12.7 Å². The van der Waals surface area contributed by atoms with Crippen molar-refractivity contribution in [1.82, 2.24) is 9.47 Å². The molecular weight excluding hydrogens is 415 g/mol. The summed E-state index contributed by atoms with van der Waals surface area (Å²) in [6.45, 7) is -1.08. The third-order valence-electron chi connectivity index (χ3n) is 3.84. The summed E-state index contributed by atoms with van der Waals surface area (Å²) in [6.07, 6.45) is -4.22. The van der Waals surface area contributed by atoms with Crippen LogP contribution in [-0.4, -0.2) is 42.0 Å². The van der Waals surface area contributed by atoms with Crippen molar-refractivity contribution in [3.8, 4) is 5.75 Å². The molecule has 0 unspecified atom stereocenters. The molecule has 2 aromatic rings. The smallest absolute Gasteiger partial charge is 0.417 e. The number of alkyl halides is 3. The number of anilines is 1. The summed E-state index contributed by atoms with van der Waals surface area (Å²) >= 11 is 5.55. The number of nitrogens with zero attached hydrogens (tertiary/aromatic N) is 2. The minimum absolute atomic E-state index is 0.377. The Kier molecular flexibility index (Phi) is 6.91. The fourth-order valence-corrected chi connectivity index (χ4v) is 2.57. The van der Waals surface area contributed by atoms with Gasteiger partial charge < -0.3 is 19.5 Å². The van der Waals surface area contributed by atoms with Gasteiger partial charge >= 0.3 is 6.18 Å². The van der Waals surface area contributed by atoms with Crippen LogP contribution >= 0.6 is 11.6 Å². The summed E-state index contributed by atoms with van der Waals surface area (Å²) in [7, 11) is 2.75. The van der Waals surface area contributed by atoms with Crippen LogP contribution in [0.5, 0.6) is 5.75 Å². The van der Waals surface area contributed by atoms with Gasteiger partial charge in [0.05, 0.1) is 19.2 Å². The molecular formula is C18H17ClF3N3O4. The predicted molar refractivity (Wildman–Crippen MR) is 100.0 cm³/mol. The van der Waals surface area contributed by atoms with E-state index in [0.29, 0.717) is 28.3 Å². The number of nitrogens with one attached hydrogen (secondary N) is 1. The first-order valence-electron chi connectivity index (χ1n) is 8.16. The van der Waals surface area contributed by atoms with Crippen molar-refractivity contribution >= 4 is 29.1 Å². The number of carbonyl (C=O) groups is 2. The maximum Gasteiger partial charge on any atom is 0.417 e. The monoisotopic (exact) mass is 431 g/mol. The average molecular weight is 432 g/mol. The van der Waals surface area contributed by atoms with E-state index in [9.17, 15) is 27.6 Å². The molecule has 0 saturated carbocycles. The van der Waals surface area contributed by atoms with Gasteiger partial charge in [-0.1, -0.05) is 17.7 Å². The molecule has 156 valence electrons. The molecule has 1 heterocycles. The zero-order valence-electron chi connectivity index (χ0n) is 15.4. The topological polar surface area (TPSA) is 80.6 Å². The summed E-state index contributed by atoms with van der Waals surface area (Å²) in [6, 6.07) is 7.03. The third kappa shape index (κ3) is 5.98. The van der Waals surface area contributed by atoms with Crippen LogP contribution in [0.3, 0.4) is 0 Å². The summed E-state index contributed by atoms with van der Waals surface area (Å²) in [5.41, 5.74) is -1.66. The van der Waals surface area contributed by atoms with E-state index in [4.69, 9.17) is 16.3 Å². The van der Waals surface area contributed by atoms with Gasteiger partial charge in [-0.25, -0.2) is 0 Å². The Morgan fingerprint density at radius 2 is 1.97 bits per heavy atom. The fraction of sp³-hybridized carbons (Fsp3) is 0.278. The SMILES string of the molecule is COc1cccc(NC(=O)CN(C)C(=O)Cn2cc(C(F)(F)F)cc(Cl)c2=O)c1. The number of hydrogen-bond acceptors (Lipinski definition) is 4. The second-order valence-electron chi connectivity index (χ2n) is 6.04. The first kappa shape index (κ1) is 22.3. The number of aromatic nitrogens is 1. The van der Waals surface area contributed by atoms with Crippen molar-refractivity contribution in [3.05, 3.63) is 57.5 Å².